The molecule has 2 N–H and O–H groups in total. The molecule has 2 heterocycles. The molecule has 1 fully saturated rings. The van der Waals surface area contributed by atoms with Gasteiger partial charge in [-0.25, -0.2) is 0 Å². The van der Waals surface area contributed by atoms with Gasteiger partial charge in [-0.15, -0.1) is 0 Å². The van der Waals surface area contributed by atoms with Crippen LogP contribution < -0.4 is 4.72 Å². The van der Waals surface area contributed by atoms with Crippen molar-refractivity contribution in [1.29, 1.82) is 0 Å². The molecule has 2 rings (SSSR count). The maximum atomic E-state index is 12.1. The predicted octanol–water partition coefficient (Wildman–Crippen LogP) is -0.541. The second-order valence-electron chi connectivity index (χ2n) is 4.80. The van der Waals surface area contributed by atoms with Crippen LogP contribution in [0.25, 0.3) is 0 Å². The standard InChI is InChI=1S/C11H20N4O3S/c1-14-11(2-5-12-14)8-13-19(17,18)15-6-3-10(9-16)4-7-15/h2,5,10,13,16H,3-4,6-9H2,1H3. The first kappa shape index (κ1) is 14.4. The van der Waals surface area contributed by atoms with Gasteiger partial charge in [0.1, 0.15) is 0 Å². The van der Waals surface area contributed by atoms with Crippen molar-refractivity contribution in [3.63, 3.8) is 0 Å². The Bertz CT molecular complexity index is 506. The van der Waals surface area contributed by atoms with E-state index in [0.717, 1.165) is 5.69 Å². The van der Waals surface area contributed by atoms with Crippen LogP contribution in [0.1, 0.15) is 18.5 Å². The fourth-order valence-corrected chi connectivity index (χ4v) is 3.37. The summed E-state index contributed by atoms with van der Waals surface area (Å²) in [5, 5.41) is 13.0. The first-order chi connectivity index (χ1) is 9.03. The quantitative estimate of drug-likeness (QED) is 0.761. The molecule has 1 aliphatic rings. The lowest BCUT2D eigenvalue weighted by atomic mass is 10.00. The van der Waals surface area contributed by atoms with Crippen LogP contribution in [0.15, 0.2) is 12.3 Å². The minimum atomic E-state index is -3.45. The van der Waals surface area contributed by atoms with Gasteiger partial charge in [0.05, 0.1) is 12.2 Å². The molecule has 0 atom stereocenters. The van der Waals surface area contributed by atoms with Crippen LogP contribution in [0, 0.1) is 5.92 Å². The van der Waals surface area contributed by atoms with Crippen LogP contribution in [0.2, 0.25) is 0 Å². The van der Waals surface area contributed by atoms with E-state index in [1.54, 1.807) is 24.0 Å². The number of aromatic nitrogens is 2. The molecule has 1 aromatic rings. The van der Waals surface area contributed by atoms with Gasteiger partial charge in [0.15, 0.2) is 0 Å². The Morgan fingerprint density at radius 2 is 2.16 bits per heavy atom. The Labute approximate surface area is 113 Å². The van der Waals surface area contributed by atoms with Gasteiger partial charge in [0.25, 0.3) is 10.2 Å². The molecule has 0 aliphatic carbocycles. The topological polar surface area (TPSA) is 87.5 Å². The fourth-order valence-electron chi connectivity index (χ4n) is 2.16. The number of aliphatic hydroxyl groups excluding tert-OH is 1. The molecule has 0 spiro atoms. The first-order valence-electron chi connectivity index (χ1n) is 6.35. The van der Waals surface area contributed by atoms with Crippen LogP contribution in [-0.4, -0.2) is 47.3 Å². The molecule has 1 saturated heterocycles. The smallest absolute Gasteiger partial charge is 0.279 e. The molecule has 19 heavy (non-hydrogen) atoms. The van der Waals surface area contributed by atoms with Crippen LogP contribution in [0.5, 0.6) is 0 Å². The molecule has 0 saturated carbocycles. The maximum Gasteiger partial charge on any atom is 0.279 e. The van der Waals surface area contributed by atoms with Gasteiger partial charge >= 0.3 is 0 Å². The highest BCUT2D eigenvalue weighted by molar-refractivity contribution is 7.87. The summed E-state index contributed by atoms with van der Waals surface area (Å²) in [6.07, 6.45) is 3.06. The number of nitrogens with zero attached hydrogens (tertiary/aromatic N) is 3. The number of aliphatic hydroxyl groups is 1. The number of rotatable bonds is 5. The van der Waals surface area contributed by atoms with Crippen LogP contribution in [0.4, 0.5) is 0 Å². The summed E-state index contributed by atoms with van der Waals surface area (Å²) in [5.74, 6) is 0.225. The molecule has 0 unspecified atom stereocenters. The highest BCUT2D eigenvalue weighted by atomic mass is 32.2. The Balaban J connectivity index is 1.90. The average Bonchev–Trinajstić information content (AvgIpc) is 2.82. The Hall–Kier alpha value is -0.960. The van der Waals surface area contributed by atoms with Crippen molar-refractivity contribution in [3.8, 4) is 0 Å². The normalized spacial score (nSPS) is 18.8. The van der Waals surface area contributed by atoms with Gasteiger partial charge in [-0.3, -0.25) is 4.68 Å². The second-order valence-corrected chi connectivity index (χ2v) is 6.55. The van der Waals surface area contributed by atoms with E-state index in [9.17, 15) is 8.42 Å². The second kappa shape index (κ2) is 6.00. The SMILES string of the molecule is Cn1nccc1CNS(=O)(=O)N1CCC(CO)CC1. The van der Waals surface area contributed by atoms with E-state index in [0.29, 0.717) is 25.9 Å². The Morgan fingerprint density at radius 3 is 2.68 bits per heavy atom. The molecular weight excluding hydrogens is 268 g/mol. The first-order valence-corrected chi connectivity index (χ1v) is 7.79. The summed E-state index contributed by atoms with van der Waals surface area (Å²) >= 11 is 0. The molecule has 8 heteroatoms. The number of nitrogens with one attached hydrogen (secondary N) is 1. The minimum Gasteiger partial charge on any atom is -0.396 e. The molecule has 0 amide bonds. The van der Waals surface area contributed by atoms with Gasteiger partial charge in [-0.1, -0.05) is 0 Å². The predicted molar refractivity (Wildman–Crippen MR) is 70.4 cm³/mol. The van der Waals surface area contributed by atoms with Crippen LogP contribution in [0.3, 0.4) is 0 Å². The summed E-state index contributed by atoms with van der Waals surface area (Å²) in [6, 6.07) is 1.78. The third-order valence-electron chi connectivity index (χ3n) is 3.53. The molecule has 108 valence electrons. The van der Waals surface area contributed by atoms with E-state index in [-0.39, 0.29) is 19.1 Å². The third kappa shape index (κ3) is 3.53. The van der Waals surface area contributed by atoms with Crippen molar-refractivity contribution in [2.75, 3.05) is 19.7 Å². The van der Waals surface area contributed by atoms with Crippen molar-refractivity contribution < 1.29 is 13.5 Å². The molecule has 0 radical (unpaired) electrons. The van der Waals surface area contributed by atoms with Gasteiger partial charge in [-0.2, -0.15) is 22.5 Å². The van der Waals surface area contributed by atoms with Crippen molar-refractivity contribution in [3.05, 3.63) is 18.0 Å². The highest BCUT2D eigenvalue weighted by Crippen LogP contribution is 2.18. The lowest BCUT2D eigenvalue weighted by Crippen LogP contribution is -2.45. The van der Waals surface area contributed by atoms with Gasteiger partial charge in [-0.05, 0) is 24.8 Å². The molecular formula is C11H20N4O3S. The number of piperidine rings is 1. The van der Waals surface area contributed by atoms with Crippen molar-refractivity contribution >= 4 is 10.2 Å². The van der Waals surface area contributed by atoms with E-state index in [4.69, 9.17) is 5.11 Å². The average molecular weight is 288 g/mol. The Kier molecular flexibility index (Phi) is 4.56. The summed E-state index contributed by atoms with van der Waals surface area (Å²) in [5.41, 5.74) is 0.814. The molecule has 0 aromatic carbocycles. The molecule has 0 bridgehead atoms. The van der Waals surface area contributed by atoms with E-state index >= 15 is 0 Å². The zero-order chi connectivity index (χ0) is 13.9. The number of hydrogen-bond acceptors (Lipinski definition) is 4. The fraction of sp³-hybridized carbons (Fsp3) is 0.727. The largest absolute Gasteiger partial charge is 0.396 e. The number of hydrogen-bond donors (Lipinski definition) is 2. The lowest BCUT2D eigenvalue weighted by Gasteiger charge is -2.30. The summed E-state index contributed by atoms with van der Waals surface area (Å²) < 4.78 is 29.9. The van der Waals surface area contributed by atoms with Gasteiger partial charge in [0.2, 0.25) is 0 Å². The summed E-state index contributed by atoms with van der Waals surface area (Å²) in [4.78, 5) is 0. The maximum absolute atomic E-state index is 12.1. The van der Waals surface area contributed by atoms with Gasteiger partial charge in [0, 0.05) is 32.9 Å². The van der Waals surface area contributed by atoms with E-state index in [2.05, 4.69) is 9.82 Å². The lowest BCUT2D eigenvalue weighted by molar-refractivity contribution is 0.169. The molecule has 1 aromatic heterocycles. The molecule has 1 aliphatic heterocycles. The number of aryl methyl sites for hydroxylation is 1. The van der Waals surface area contributed by atoms with Crippen LogP contribution in [-0.2, 0) is 23.8 Å². The third-order valence-corrected chi connectivity index (χ3v) is 5.08. The van der Waals surface area contributed by atoms with Gasteiger partial charge < -0.3 is 5.11 Å². The van der Waals surface area contributed by atoms with E-state index in [1.807, 2.05) is 0 Å². The Morgan fingerprint density at radius 1 is 1.47 bits per heavy atom. The monoisotopic (exact) mass is 288 g/mol. The summed E-state index contributed by atoms with van der Waals surface area (Å²) in [7, 11) is -1.67. The van der Waals surface area contributed by atoms with Crippen molar-refractivity contribution in [2.24, 2.45) is 13.0 Å². The minimum absolute atomic E-state index is 0.135. The summed E-state index contributed by atoms with van der Waals surface area (Å²) in [6.45, 7) is 1.30. The zero-order valence-corrected chi connectivity index (χ0v) is 11.8. The van der Waals surface area contributed by atoms with Crippen LogP contribution >= 0.6 is 0 Å². The van der Waals surface area contributed by atoms with E-state index in [1.165, 1.54) is 4.31 Å². The highest BCUT2D eigenvalue weighted by Gasteiger charge is 2.27. The van der Waals surface area contributed by atoms with E-state index < -0.39 is 10.2 Å². The van der Waals surface area contributed by atoms with Crippen molar-refractivity contribution in [1.82, 2.24) is 18.8 Å². The van der Waals surface area contributed by atoms with Crippen molar-refractivity contribution in [2.45, 2.75) is 19.4 Å². The molecule has 7 nitrogen and oxygen atoms in total. The zero-order valence-electron chi connectivity index (χ0n) is 11.0.